The van der Waals surface area contributed by atoms with E-state index in [2.05, 4.69) is 196 Å². The van der Waals surface area contributed by atoms with E-state index in [1.807, 2.05) is 11.3 Å². The lowest BCUT2D eigenvalue weighted by Crippen LogP contribution is -2.03. The molecule has 5 nitrogen and oxygen atoms in total. The highest BCUT2D eigenvalue weighted by Gasteiger charge is 2.28. The van der Waals surface area contributed by atoms with Gasteiger partial charge in [0.25, 0.3) is 0 Å². The van der Waals surface area contributed by atoms with Crippen LogP contribution >= 0.6 is 11.3 Å². The molecule has 0 saturated heterocycles. The van der Waals surface area contributed by atoms with Crippen LogP contribution < -0.4 is 0 Å². The van der Waals surface area contributed by atoms with Crippen molar-refractivity contribution in [3.8, 4) is 22.9 Å². The summed E-state index contributed by atoms with van der Waals surface area (Å²) in [6, 6.07) is 66.2. The number of hydrogen-bond donors (Lipinski definition) is 1. The van der Waals surface area contributed by atoms with Gasteiger partial charge >= 0.3 is 0 Å². The van der Waals surface area contributed by atoms with Crippen LogP contribution in [0.5, 0.6) is 0 Å². The summed E-state index contributed by atoms with van der Waals surface area (Å²) >= 11 is 1.82. The molecule has 0 spiro atoms. The summed E-state index contributed by atoms with van der Waals surface area (Å²) in [5, 5.41) is 15.6. The van der Waals surface area contributed by atoms with E-state index in [4.69, 9.17) is 9.97 Å². The Morgan fingerprint density at radius 2 is 1.10 bits per heavy atom. The third-order valence-electron chi connectivity index (χ3n) is 13.4. The highest BCUT2D eigenvalue weighted by molar-refractivity contribution is 7.26. The molecule has 0 aliphatic carbocycles. The topological polar surface area (TPSA) is 51.4 Å². The lowest BCUT2D eigenvalue weighted by atomic mass is 9.98. The van der Waals surface area contributed by atoms with E-state index in [0.717, 1.165) is 61.4 Å². The van der Waals surface area contributed by atoms with Gasteiger partial charge in [-0.1, -0.05) is 127 Å². The second kappa shape index (κ2) is 11.8. The van der Waals surface area contributed by atoms with Crippen molar-refractivity contribution >= 4 is 129 Å². The van der Waals surface area contributed by atoms with Crippen LogP contribution in [0.25, 0.3) is 141 Å². The quantitative estimate of drug-likeness (QED) is 0.181. The minimum Gasteiger partial charge on any atom is -0.354 e. The smallest absolute Gasteiger partial charge is 0.163 e. The van der Waals surface area contributed by atoms with E-state index >= 15 is 0 Å². The molecule has 5 aromatic heterocycles. The molecular weight excluding hydrogens is 775 g/mol. The number of nitrogens with one attached hydrogen (secondary N) is 1. The summed E-state index contributed by atoms with van der Waals surface area (Å²) in [5.74, 6) is 1.59. The van der Waals surface area contributed by atoms with Gasteiger partial charge in [0, 0.05) is 79.9 Å². The first-order valence-electron chi connectivity index (χ1n) is 21.1. The Morgan fingerprint density at radius 1 is 0.419 bits per heavy atom. The van der Waals surface area contributed by atoms with E-state index in [9.17, 15) is 0 Å². The lowest BCUT2D eigenvalue weighted by molar-refractivity contribution is 1.08. The van der Waals surface area contributed by atoms with Crippen LogP contribution in [0.1, 0.15) is 0 Å². The Labute approximate surface area is 356 Å². The van der Waals surface area contributed by atoms with Gasteiger partial charge < -0.3 is 9.55 Å². The van der Waals surface area contributed by atoms with Gasteiger partial charge in [0.1, 0.15) is 5.82 Å². The van der Waals surface area contributed by atoms with Gasteiger partial charge in [-0.15, -0.1) is 11.3 Å². The van der Waals surface area contributed by atoms with Crippen LogP contribution in [0, 0.1) is 0 Å². The maximum atomic E-state index is 5.80. The predicted octanol–water partition coefficient (Wildman–Crippen LogP) is 15.2. The third-order valence-corrected chi connectivity index (χ3v) is 14.6. The number of thiophene rings is 1. The van der Waals surface area contributed by atoms with Gasteiger partial charge in [0.05, 0.1) is 33.3 Å². The minimum absolute atomic E-state index is 0.718. The Kier molecular flexibility index (Phi) is 6.24. The molecule has 0 saturated carbocycles. The lowest BCUT2D eigenvalue weighted by Gasteiger charge is -2.15. The van der Waals surface area contributed by atoms with Crippen LogP contribution in [0.15, 0.2) is 182 Å². The van der Waals surface area contributed by atoms with Crippen molar-refractivity contribution < 1.29 is 0 Å². The number of aromatic amines is 1. The van der Waals surface area contributed by atoms with Crippen molar-refractivity contribution in [2.75, 3.05) is 0 Å². The van der Waals surface area contributed by atoms with Gasteiger partial charge in [0.2, 0.25) is 0 Å². The normalized spacial score (nSPS) is 12.5. The Bertz CT molecular complexity index is 4400. The summed E-state index contributed by atoms with van der Waals surface area (Å²) in [5.41, 5.74) is 9.96. The first-order chi connectivity index (χ1) is 30.8. The molecule has 5 heterocycles. The van der Waals surface area contributed by atoms with Gasteiger partial charge in [-0.2, -0.15) is 0 Å². The first kappa shape index (κ1) is 32.8. The van der Waals surface area contributed by atoms with E-state index in [1.165, 1.54) is 79.6 Å². The van der Waals surface area contributed by atoms with Gasteiger partial charge in [-0.3, -0.25) is 4.57 Å². The van der Waals surface area contributed by atoms with Crippen molar-refractivity contribution in [2.24, 2.45) is 0 Å². The molecule has 6 heteroatoms. The average Bonchev–Trinajstić information content (AvgIpc) is 4.08. The molecule has 15 aromatic rings. The third kappa shape index (κ3) is 4.16. The summed E-state index contributed by atoms with van der Waals surface area (Å²) in [7, 11) is 0. The zero-order valence-corrected chi connectivity index (χ0v) is 33.8. The van der Waals surface area contributed by atoms with Gasteiger partial charge in [-0.05, 0) is 70.8 Å². The standard InChI is InChI=1S/C56H31N5S/c1-2-15-34-31(13-1)14-11-25-44(34)60-45-24-9-5-19-39(45)51-46(60)30-33-28-27-32-29-43-50(37-17-3-7-22-41(37)57-43)52-48(32)49(33)53(51)61(52)56-38-18-4-8-23-42(38)58-55(59-56)40-21-12-20-36-35-16-6-10-26-47(35)62-54(36)40/h1-30,57H. The SMILES string of the molecule is c1ccc2c(-n3c4ccccc4c4c3cc3ccc5cc6[nH]c7ccccc7c6c6c5c3c4n6-c3nc(-c4cccc5c4sc4ccccc45)nc4ccccc34)cccc2c1. The number of nitrogens with zero attached hydrogens (tertiary/aromatic N) is 4. The second-order valence-electron chi connectivity index (χ2n) is 16.6. The van der Waals surface area contributed by atoms with E-state index < -0.39 is 0 Å². The van der Waals surface area contributed by atoms with Crippen LogP contribution in [-0.4, -0.2) is 24.1 Å². The minimum atomic E-state index is 0.718. The van der Waals surface area contributed by atoms with E-state index in [1.54, 1.807) is 0 Å². The number of H-pyrrole nitrogens is 1. The molecule has 0 amide bonds. The van der Waals surface area contributed by atoms with Crippen molar-refractivity contribution in [1.82, 2.24) is 24.1 Å². The number of benzene rings is 10. The molecule has 286 valence electrons. The number of aromatic nitrogens is 5. The molecule has 0 fully saturated rings. The number of hydrogen-bond acceptors (Lipinski definition) is 3. The zero-order chi connectivity index (χ0) is 40.2. The van der Waals surface area contributed by atoms with Crippen LogP contribution in [0.3, 0.4) is 0 Å². The fraction of sp³-hybridized carbons (Fsp3) is 0. The highest BCUT2D eigenvalue weighted by atomic mass is 32.1. The Hall–Kier alpha value is -8.06. The van der Waals surface area contributed by atoms with Crippen LogP contribution in [-0.2, 0) is 0 Å². The molecule has 0 radical (unpaired) electrons. The Morgan fingerprint density at radius 3 is 2.00 bits per heavy atom. The average molecular weight is 806 g/mol. The predicted molar refractivity (Wildman–Crippen MR) is 262 cm³/mol. The zero-order valence-electron chi connectivity index (χ0n) is 33.0. The van der Waals surface area contributed by atoms with Crippen LogP contribution in [0.4, 0.5) is 0 Å². The van der Waals surface area contributed by atoms with Crippen molar-refractivity contribution in [2.45, 2.75) is 0 Å². The summed E-state index contributed by atoms with van der Waals surface area (Å²) < 4.78 is 7.47. The molecule has 0 atom stereocenters. The molecule has 0 aliphatic heterocycles. The van der Waals surface area contributed by atoms with E-state index in [0.29, 0.717) is 0 Å². The summed E-state index contributed by atoms with van der Waals surface area (Å²) in [6.07, 6.45) is 0. The van der Waals surface area contributed by atoms with E-state index in [-0.39, 0.29) is 0 Å². The second-order valence-corrected chi connectivity index (χ2v) is 17.6. The fourth-order valence-electron chi connectivity index (χ4n) is 10.8. The largest absolute Gasteiger partial charge is 0.354 e. The maximum absolute atomic E-state index is 5.80. The molecule has 0 aliphatic rings. The summed E-state index contributed by atoms with van der Waals surface area (Å²) in [4.78, 5) is 15.0. The van der Waals surface area contributed by atoms with Gasteiger partial charge in [0.15, 0.2) is 5.82 Å². The molecule has 0 unspecified atom stereocenters. The molecule has 0 bridgehead atoms. The molecule has 62 heavy (non-hydrogen) atoms. The number of para-hydroxylation sites is 3. The molecule has 10 aromatic carbocycles. The number of fused-ring (bicyclic) bond motifs is 13. The highest BCUT2D eigenvalue weighted by Crippen LogP contribution is 2.50. The number of rotatable bonds is 3. The van der Waals surface area contributed by atoms with Crippen LogP contribution in [0.2, 0.25) is 0 Å². The van der Waals surface area contributed by atoms with Crippen molar-refractivity contribution in [3.63, 3.8) is 0 Å². The molecule has 1 N–H and O–H groups in total. The monoisotopic (exact) mass is 805 g/mol. The molecule has 15 rings (SSSR count). The summed E-state index contributed by atoms with van der Waals surface area (Å²) in [6.45, 7) is 0. The maximum Gasteiger partial charge on any atom is 0.163 e. The first-order valence-corrected chi connectivity index (χ1v) is 21.9. The molecular formula is C56H31N5S. The van der Waals surface area contributed by atoms with Crippen molar-refractivity contribution in [3.05, 3.63) is 182 Å². The fourth-order valence-corrected chi connectivity index (χ4v) is 12.0. The Balaban J connectivity index is 1.19. The van der Waals surface area contributed by atoms with Gasteiger partial charge in [-0.25, -0.2) is 9.97 Å². The van der Waals surface area contributed by atoms with Crippen molar-refractivity contribution in [1.29, 1.82) is 0 Å².